The van der Waals surface area contributed by atoms with Crippen molar-refractivity contribution in [3.8, 4) is 5.75 Å². The van der Waals surface area contributed by atoms with Gasteiger partial charge in [0.2, 0.25) is 5.95 Å². The van der Waals surface area contributed by atoms with Crippen molar-refractivity contribution >= 4 is 11.9 Å². The summed E-state index contributed by atoms with van der Waals surface area (Å²) in [5.41, 5.74) is 2.15. The van der Waals surface area contributed by atoms with Gasteiger partial charge in [-0.25, -0.2) is 5.10 Å². The van der Waals surface area contributed by atoms with Crippen LogP contribution in [0.15, 0.2) is 24.5 Å². The number of rotatable bonds is 4. The Bertz CT molecular complexity index is 566. The zero-order valence-electron chi connectivity index (χ0n) is 11.1. The van der Waals surface area contributed by atoms with E-state index < -0.39 is 6.10 Å². The normalized spacial score (nSPS) is 11.9. The van der Waals surface area contributed by atoms with Gasteiger partial charge in [-0.3, -0.25) is 10.1 Å². The Morgan fingerprint density at radius 2 is 2.21 bits per heavy atom. The van der Waals surface area contributed by atoms with Gasteiger partial charge >= 0.3 is 0 Å². The van der Waals surface area contributed by atoms with Crippen molar-refractivity contribution < 1.29 is 9.53 Å². The molecule has 1 aromatic carbocycles. The minimum absolute atomic E-state index is 0.280. The molecule has 1 amide bonds. The number of H-pyrrole nitrogens is 1. The molecule has 0 saturated heterocycles. The van der Waals surface area contributed by atoms with Crippen LogP contribution < -0.4 is 10.1 Å². The van der Waals surface area contributed by atoms with Gasteiger partial charge in [0.1, 0.15) is 12.1 Å². The zero-order valence-corrected chi connectivity index (χ0v) is 11.1. The van der Waals surface area contributed by atoms with Crippen LogP contribution in [0.3, 0.4) is 0 Å². The predicted octanol–water partition coefficient (Wildman–Crippen LogP) is 1.83. The third-order valence-corrected chi connectivity index (χ3v) is 2.88. The first kappa shape index (κ1) is 13.1. The molecule has 0 fully saturated rings. The number of aromatic amines is 1. The number of carbonyl (C=O) groups excluding carboxylic acids is 1. The molecule has 1 atom stereocenters. The van der Waals surface area contributed by atoms with Gasteiger partial charge < -0.3 is 4.74 Å². The number of hydrogen-bond donors (Lipinski definition) is 2. The Labute approximate surface area is 111 Å². The molecule has 2 aromatic rings. The van der Waals surface area contributed by atoms with Crippen LogP contribution >= 0.6 is 0 Å². The Kier molecular flexibility index (Phi) is 3.79. The minimum atomic E-state index is -0.620. The smallest absolute Gasteiger partial charge is 0.267 e. The molecule has 0 bridgehead atoms. The Morgan fingerprint density at radius 3 is 2.89 bits per heavy atom. The second kappa shape index (κ2) is 5.51. The summed E-state index contributed by atoms with van der Waals surface area (Å²) in [5, 5.41) is 8.79. The maximum Gasteiger partial charge on any atom is 0.267 e. The summed E-state index contributed by atoms with van der Waals surface area (Å²) >= 11 is 0. The average molecular weight is 260 g/mol. The van der Waals surface area contributed by atoms with Crippen LogP contribution in [0.5, 0.6) is 5.75 Å². The van der Waals surface area contributed by atoms with Crippen LogP contribution in [0.25, 0.3) is 0 Å². The number of aryl methyl sites for hydroxylation is 1. The van der Waals surface area contributed by atoms with E-state index in [0.717, 1.165) is 11.1 Å². The number of ether oxygens (including phenoxy) is 1. The molecule has 0 spiro atoms. The van der Waals surface area contributed by atoms with Crippen LogP contribution in [0, 0.1) is 13.8 Å². The standard InChI is InChI=1S/C13H16N4O2/c1-8-5-4-6-11(9(8)2)19-10(3)12(18)16-13-14-7-15-17-13/h4-7,10H,1-3H3,(H2,14,15,16,17,18)/t10-/m1/s1. The van der Waals surface area contributed by atoms with E-state index >= 15 is 0 Å². The van der Waals surface area contributed by atoms with Crippen molar-refractivity contribution in [3.05, 3.63) is 35.7 Å². The summed E-state index contributed by atoms with van der Waals surface area (Å²) in [5.74, 6) is 0.735. The Balaban J connectivity index is 2.02. The van der Waals surface area contributed by atoms with Crippen molar-refractivity contribution in [2.75, 3.05) is 5.32 Å². The van der Waals surface area contributed by atoms with E-state index in [1.165, 1.54) is 6.33 Å². The molecule has 0 aliphatic rings. The third kappa shape index (κ3) is 3.09. The van der Waals surface area contributed by atoms with E-state index in [2.05, 4.69) is 20.5 Å². The second-order valence-electron chi connectivity index (χ2n) is 4.28. The predicted molar refractivity (Wildman–Crippen MR) is 71.0 cm³/mol. The van der Waals surface area contributed by atoms with E-state index in [1.807, 2.05) is 32.0 Å². The maximum absolute atomic E-state index is 11.9. The molecule has 0 aliphatic carbocycles. The second-order valence-corrected chi connectivity index (χ2v) is 4.28. The molecule has 0 saturated carbocycles. The van der Waals surface area contributed by atoms with Crippen LogP contribution in [0.4, 0.5) is 5.95 Å². The van der Waals surface area contributed by atoms with Gasteiger partial charge in [-0.1, -0.05) is 12.1 Å². The number of hydrogen-bond acceptors (Lipinski definition) is 4. The number of nitrogens with one attached hydrogen (secondary N) is 2. The molecule has 1 heterocycles. The highest BCUT2D eigenvalue weighted by Gasteiger charge is 2.17. The van der Waals surface area contributed by atoms with E-state index in [-0.39, 0.29) is 5.91 Å². The van der Waals surface area contributed by atoms with Gasteiger partial charge in [0.05, 0.1) is 0 Å². The fraction of sp³-hybridized carbons (Fsp3) is 0.308. The molecule has 2 N–H and O–H groups in total. The monoisotopic (exact) mass is 260 g/mol. The molecule has 0 unspecified atom stereocenters. The number of nitrogens with zero attached hydrogens (tertiary/aromatic N) is 2. The molecule has 0 aliphatic heterocycles. The van der Waals surface area contributed by atoms with E-state index in [9.17, 15) is 4.79 Å². The van der Waals surface area contributed by atoms with Gasteiger partial charge in [0.15, 0.2) is 6.10 Å². The van der Waals surface area contributed by atoms with Gasteiger partial charge in [0.25, 0.3) is 5.91 Å². The van der Waals surface area contributed by atoms with Crippen molar-refractivity contribution in [3.63, 3.8) is 0 Å². The molecule has 0 radical (unpaired) electrons. The largest absolute Gasteiger partial charge is 0.481 e. The highest BCUT2D eigenvalue weighted by molar-refractivity contribution is 5.92. The third-order valence-electron chi connectivity index (χ3n) is 2.88. The summed E-state index contributed by atoms with van der Waals surface area (Å²) < 4.78 is 5.66. The van der Waals surface area contributed by atoms with Crippen LogP contribution in [0.1, 0.15) is 18.1 Å². The number of benzene rings is 1. The van der Waals surface area contributed by atoms with Crippen molar-refractivity contribution in [1.82, 2.24) is 15.2 Å². The van der Waals surface area contributed by atoms with Crippen molar-refractivity contribution in [2.45, 2.75) is 26.9 Å². The van der Waals surface area contributed by atoms with E-state index in [1.54, 1.807) is 6.92 Å². The fourth-order valence-electron chi connectivity index (χ4n) is 1.58. The first-order chi connectivity index (χ1) is 9.08. The lowest BCUT2D eigenvalue weighted by Crippen LogP contribution is -2.30. The first-order valence-electron chi connectivity index (χ1n) is 5.97. The molecule has 1 aromatic heterocycles. The van der Waals surface area contributed by atoms with Crippen LogP contribution in [0.2, 0.25) is 0 Å². The van der Waals surface area contributed by atoms with Crippen molar-refractivity contribution in [2.24, 2.45) is 0 Å². The maximum atomic E-state index is 11.9. The topological polar surface area (TPSA) is 79.9 Å². The summed E-state index contributed by atoms with van der Waals surface area (Å²) in [6.07, 6.45) is 0.705. The van der Waals surface area contributed by atoms with E-state index in [4.69, 9.17) is 4.74 Å². The van der Waals surface area contributed by atoms with Crippen LogP contribution in [-0.4, -0.2) is 27.2 Å². The molecular formula is C13H16N4O2. The zero-order chi connectivity index (χ0) is 13.8. The highest BCUT2D eigenvalue weighted by Crippen LogP contribution is 2.21. The van der Waals surface area contributed by atoms with Gasteiger partial charge in [-0.2, -0.15) is 10.1 Å². The SMILES string of the molecule is Cc1cccc(O[C@H](C)C(=O)Nc2ncn[nH]2)c1C. The molecule has 19 heavy (non-hydrogen) atoms. The number of aromatic nitrogens is 3. The first-order valence-corrected chi connectivity index (χ1v) is 5.97. The minimum Gasteiger partial charge on any atom is -0.481 e. The van der Waals surface area contributed by atoms with Gasteiger partial charge in [-0.15, -0.1) is 0 Å². The lowest BCUT2D eigenvalue weighted by molar-refractivity contribution is -0.122. The number of anilines is 1. The molecule has 2 rings (SSSR count). The number of amides is 1. The number of carbonyl (C=O) groups is 1. The van der Waals surface area contributed by atoms with Gasteiger partial charge in [0, 0.05) is 0 Å². The summed E-state index contributed by atoms with van der Waals surface area (Å²) in [6.45, 7) is 5.65. The molecule has 6 heteroatoms. The lowest BCUT2D eigenvalue weighted by Gasteiger charge is -2.16. The molecule has 6 nitrogen and oxygen atoms in total. The van der Waals surface area contributed by atoms with Crippen molar-refractivity contribution in [1.29, 1.82) is 0 Å². The van der Waals surface area contributed by atoms with Gasteiger partial charge in [-0.05, 0) is 38.0 Å². The highest BCUT2D eigenvalue weighted by atomic mass is 16.5. The summed E-state index contributed by atoms with van der Waals surface area (Å²) in [6, 6.07) is 5.75. The lowest BCUT2D eigenvalue weighted by atomic mass is 10.1. The summed E-state index contributed by atoms with van der Waals surface area (Å²) in [4.78, 5) is 15.7. The summed E-state index contributed by atoms with van der Waals surface area (Å²) in [7, 11) is 0. The Morgan fingerprint density at radius 1 is 1.42 bits per heavy atom. The fourth-order valence-corrected chi connectivity index (χ4v) is 1.58. The van der Waals surface area contributed by atoms with Crippen LogP contribution in [-0.2, 0) is 4.79 Å². The molecular weight excluding hydrogens is 244 g/mol. The quantitative estimate of drug-likeness (QED) is 0.878. The van der Waals surface area contributed by atoms with E-state index in [0.29, 0.717) is 11.7 Å². The Hall–Kier alpha value is -2.37. The average Bonchev–Trinajstić information content (AvgIpc) is 2.87. The molecule has 100 valence electrons.